The van der Waals surface area contributed by atoms with Gasteiger partial charge < -0.3 is 4.74 Å². The maximum atomic E-state index is 14.3. The molecule has 0 saturated carbocycles. The van der Waals surface area contributed by atoms with Crippen molar-refractivity contribution in [2.75, 3.05) is 37.7 Å². The van der Waals surface area contributed by atoms with Gasteiger partial charge in [0.1, 0.15) is 24.0 Å². The third-order valence-corrected chi connectivity index (χ3v) is 7.60. The van der Waals surface area contributed by atoms with Crippen LogP contribution in [-0.2, 0) is 9.84 Å². The number of ether oxygens (including phenoxy) is 1. The molecule has 5 nitrogen and oxygen atoms in total. The lowest BCUT2D eigenvalue weighted by Gasteiger charge is -2.26. The van der Waals surface area contributed by atoms with Gasteiger partial charge in [0.15, 0.2) is 9.84 Å². The number of fused-ring (bicyclic) bond motifs is 1. The quantitative estimate of drug-likeness (QED) is 0.633. The van der Waals surface area contributed by atoms with E-state index in [2.05, 4.69) is 15.9 Å². The smallest absolute Gasteiger partial charge is 0.201 e. The van der Waals surface area contributed by atoms with Gasteiger partial charge in [-0.3, -0.25) is 9.69 Å². The molecule has 1 fully saturated rings. The predicted octanol–water partition coefficient (Wildman–Crippen LogP) is 3.42. The third kappa shape index (κ3) is 4.19. The lowest BCUT2D eigenvalue weighted by molar-refractivity contribution is 0.104. The molecule has 1 aliphatic heterocycles. The number of benzene rings is 2. The number of hydrogen-bond donors (Lipinski definition) is 0. The molecule has 1 saturated heterocycles. The molecule has 30 heavy (non-hydrogen) atoms. The van der Waals surface area contributed by atoms with E-state index < -0.39 is 21.5 Å². The molecule has 158 valence electrons. The SMILES string of the molecule is O=C1C(Br)=C(c2ccc(F)cc2F)c2ccc(OCCN3CCS(=O)(=O)CC3)cc21. The van der Waals surface area contributed by atoms with Crippen LogP contribution in [0.2, 0.25) is 0 Å². The number of ketones is 1. The van der Waals surface area contributed by atoms with Crippen LogP contribution in [0.1, 0.15) is 21.5 Å². The molecule has 0 radical (unpaired) electrons. The highest BCUT2D eigenvalue weighted by atomic mass is 79.9. The van der Waals surface area contributed by atoms with Crippen molar-refractivity contribution in [3.63, 3.8) is 0 Å². The zero-order valence-corrected chi connectivity index (χ0v) is 18.2. The van der Waals surface area contributed by atoms with Crippen LogP contribution in [0.5, 0.6) is 5.75 Å². The Balaban J connectivity index is 1.48. The molecular weight excluding hydrogens is 480 g/mol. The van der Waals surface area contributed by atoms with Gasteiger partial charge in [-0.15, -0.1) is 0 Å². The first-order valence-electron chi connectivity index (χ1n) is 9.35. The first-order valence-corrected chi connectivity index (χ1v) is 12.0. The Labute approximate surface area is 181 Å². The van der Waals surface area contributed by atoms with Gasteiger partial charge in [-0.05, 0) is 51.8 Å². The Morgan fingerprint density at radius 1 is 1.00 bits per heavy atom. The van der Waals surface area contributed by atoms with E-state index in [1.807, 2.05) is 4.90 Å². The second-order valence-corrected chi connectivity index (χ2v) is 10.3. The van der Waals surface area contributed by atoms with E-state index >= 15 is 0 Å². The number of sulfone groups is 1. The van der Waals surface area contributed by atoms with Gasteiger partial charge in [-0.2, -0.15) is 0 Å². The Morgan fingerprint density at radius 2 is 1.70 bits per heavy atom. The average Bonchev–Trinajstić information content (AvgIpc) is 2.94. The summed E-state index contributed by atoms with van der Waals surface area (Å²) in [5, 5.41) is 0. The standard InChI is InChI=1S/C21H18BrF2NO4S/c22-20-19(16-3-1-13(23)11-18(16)24)15-4-2-14(12-17(15)21(20)26)29-8-5-25-6-9-30(27,28)10-7-25/h1-4,11-12H,5-10H2. The van der Waals surface area contributed by atoms with Crippen molar-refractivity contribution in [3.8, 4) is 5.75 Å². The number of nitrogens with zero attached hydrogens (tertiary/aromatic N) is 1. The number of hydrogen-bond acceptors (Lipinski definition) is 5. The lowest BCUT2D eigenvalue weighted by atomic mass is 9.98. The zero-order valence-electron chi connectivity index (χ0n) is 15.8. The fraction of sp³-hybridized carbons (Fsp3) is 0.286. The molecule has 0 N–H and O–H groups in total. The first-order chi connectivity index (χ1) is 14.2. The van der Waals surface area contributed by atoms with Gasteiger partial charge in [-0.1, -0.05) is 0 Å². The Morgan fingerprint density at radius 3 is 2.40 bits per heavy atom. The summed E-state index contributed by atoms with van der Waals surface area (Å²) in [6.45, 7) is 1.89. The van der Waals surface area contributed by atoms with Crippen LogP contribution in [0.4, 0.5) is 8.78 Å². The lowest BCUT2D eigenvalue weighted by Crippen LogP contribution is -2.42. The second kappa shape index (κ2) is 8.20. The van der Waals surface area contributed by atoms with Crippen LogP contribution in [0.3, 0.4) is 0 Å². The summed E-state index contributed by atoms with van der Waals surface area (Å²) in [6, 6.07) is 8.23. The average molecular weight is 498 g/mol. The molecular formula is C21H18BrF2NO4S. The Hall–Kier alpha value is -2.10. The van der Waals surface area contributed by atoms with Crippen molar-refractivity contribution in [3.05, 3.63) is 69.2 Å². The van der Waals surface area contributed by atoms with Crippen molar-refractivity contribution in [1.29, 1.82) is 0 Å². The number of Topliss-reactive ketones (excluding diaryl/α,β-unsaturated/α-hetero) is 1. The van der Waals surface area contributed by atoms with Crippen LogP contribution >= 0.6 is 15.9 Å². The number of carbonyl (C=O) groups is 1. The van der Waals surface area contributed by atoms with Gasteiger partial charge >= 0.3 is 0 Å². The van der Waals surface area contributed by atoms with Gasteiger partial charge in [0.05, 0.1) is 16.0 Å². The van der Waals surface area contributed by atoms with Crippen molar-refractivity contribution >= 4 is 37.1 Å². The highest BCUT2D eigenvalue weighted by Gasteiger charge is 2.31. The van der Waals surface area contributed by atoms with E-state index in [-0.39, 0.29) is 27.3 Å². The molecule has 0 aromatic heterocycles. The molecule has 0 bridgehead atoms. The van der Waals surface area contributed by atoms with Gasteiger partial charge in [0.2, 0.25) is 5.78 Å². The molecule has 0 amide bonds. The molecule has 2 aromatic carbocycles. The molecule has 2 aliphatic rings. The van der Waals surface area contributed by atoms with Gasteiger partial charge in [0, 0.05) is 42.4 Å². The van der Waals surface area contributed by atoms with Gasteiger partial charge in [0.25, 0.3) is 0 Å². The summed E-state index contributed by atoms with van der Waals surface area (Å²) in [5.74, 6) is -0.923. The molecule has 1 heterocycles. The molecule has 0 atom stereocenters. The minimum atomic E-state index is -2.92. The summed E-state index contributed by atoms with van der Waals surface area (Å²) >= 11 is 3.25. The van der Waals surface area contributed by atoms with Crippen molar-refractivity contribution in [1.82, 2.24) is 4.90 Å². The van der Waals surface area contributed by atoms with E-state index in [1.165, 1.54) is 6.07 Å². The number of rotatable bonds is 5. The largest absolute Gasteiger partial charge is 0.492 e. The molecule has 1 aliphatic carbocycles. The zero-order chi connectivity index (χ0) is 21.5. The third-order valence-electron chi connectivity index (χ3n) is 5.24. The maximum Gasteiger partial charge on any atom is 0.201 e. The summed E-state index contributed by atoms with van der Waals surface area (Å²) in [4.78, 5) is 14.7. The summed E-state index contributed by atoms with van der Waals surface area (Å²) in [7, 11) is -2.92. The minimum absolute atomic E-state index is 0.143. The summed E-state index contributed by atoms with van der Waals surface area (Å²) < 4.78 is 56.5. The Kier molecular flexibility index (Phi) is 5.78. The number of allylic oxidation sites excluding steroid dienone is 1. The molecule has 2 aromatic rings. The van der Waals surface area contributed by atoms with Crippen LogP contribution in [0, 0.1) is 11.6 Å². The van der Waals surface area contributed by atoms with Gasteiger partial charge in [-0.25, -0.2) is 17.2 Å². The van der Waals surface area contributed by atoms with Crippen LogP contribution in [0.25, 0.3) is 5.57 Å². The topological polar surface area (TPSA) is 63.7 Å². The van der Waals surface area contributed by atoms with E-state index in [4.69, 9.17) is 4.74 Å². The highest BCUT2D eigenvalue weighted by Crippen LogP contribution is 2.42. The van der Waals surface area contributed by atoms with Crippen LogP contribution in [-0.4, -0.2) is 56.8 Å². The fourth-order valence-corrected chi connectivity index (χ4v) is 5.51. The van der Waals surface area contributed by atoms with E-state index in [1.54, 1.807) is 18.2 Å². The monoisotopic (exact) mass is 497 g/mol. The van der Waals surface area contributed by atoms with E-state index in [0.717, 1.165) is 12.1 Å². The van der Waals surface area contributed by atoms with Crippen molar-refractivity contribution in [2.24, 2.45) is 0 Å². The first kappa shape index (κ1) is 21.1. The maximum absolute atomic E-state index is 14.3. The fourth-order valence-electron chi connectivity index (χ4n) is 3.59. The van der Waals surface area contributed by atoms with Crippen LogP contribution in [0.15, 0.2) is 40.9 Å². The minimum Gasteiger partial charge on any atom is -0.492 e. The van der Waals surface area contributed by atoms with Crippen molar-refractivity contribution in [2.45, 2.75) is 0 Å². The summed E-state index contributed by atoms with van der Waals surface area (Å²) in [6.07, 6.45) is 0. The predicted molar refractivity (Wildman–Crippen MR) is 113 cm³/mol. The molecule has 9 heteroatoms. The number of carbonyl (C=O) groups excluding carboxylic acids is 1. The normalized spacial score (nSPS) is 18.6. The second-order valence-electron chi connectivity index (χ2n) is 7.19. The van der Waals surface area contributed by atoms with E-state index in [0.29, 0.717) is 48.7 Å². The van der Waals surface area contributed by atoms with Crippen molar-refractivity contribution < 1.29 is 26.7 Å². The highest BCUT2D eigenvalue weighted by molar-refractivity contribution is 9.12. The number of halogens is 3. The molecule has 0 spiro atoms. The molecule has 4 rings (SSSR count). The summed E-state index contributed by atoms with van der Waals surface area (Å²) in [5.41, 5.74) is 1.45. The van der Waals surface area contributed by atoms with E-state index in [9.17, 15) is 22.0 Å². The van der Waals surface area contributed by atoms with Crippen LogP contribution < -0.4 is 4.74 Å². The Bertz CT molecular complexity index is 1150. The molecule has 0 unspecified atom stereocenters.